The van der Waals surface area contributed by atoms with E-state index >= 15 is 0 Å². The molecule has 12 heteroatoms. The number of likely N-dealkylation sites (N-methyl/N-ethyl adjacent to an activating group) is 1. The second kappa shape index (κ2) is 11.6. The Hall–Kier alpha value is -2.63. The molecule has 2 amide bonds. The van der Waals surface area contributed by atoms with Crippen LogP contribution in [0.3, 0.4) is 0 Å². The highest BCUT2D eigenvalue weighted by molar-refractivity contribution is 7.89. The van der Waals surface area contributed by atoms with Crippen LogP contribution in [0.4, 0.5) is 4.79 Å². The number of hydrogen-bond donors (Lipinski definition) is 1. The first-order chi connectivity index (χ1) is 18.0. The Labute approximate surface area is 233 Å². The third-order valence-corrected chi connectivity index (χ3v) is 9.25. The van der Waals surface area contributed by atoms with Gasteiger partial charge in [-0.3, -0.25) is 9.80 Å². The lowest BCUT2D eigenvalue weighted by Crippen LogP contribution is -2.56. The Morgan fingerprint density at radius 2 is 1.66 bits per heavy atom. The van der Waals surface area contributed by atoms with Gasteiger partial charge in [0.1, 0.15) is 0 Å². The van der Waals surface area contributed by atoms with E-state index in [1.54, 1.807) is 50.4 Å². The zero-order valence-electron chi connectivity index (χ0n) is 21.4. The minimum atomic E-state index is -3.71. The van der Waals surface area contributed by atoms with Crippen molar-refractivity contribution in [1.82, 2.24) is 19.4 Å². The second-order valence-corrected chi connectivity index (χ2v) is 12.0. The van der Waals surface area contributed by atoms with Gasteiger partial charge in [0.15, 0.2) is 0 Å². The van der Waals surface area contributed by atoms with Crippen molar-refractivity contribution in [1.29, 1.82) is 0 Å². The average molecular weight is 582 g/mol. The number of halogens is 2. The van der Waals surface area contributed by atoms with Crippen molar-refractivity contribution >= 4 is 45.2 Å². The smallest absolute Gasteiger partial charge is 0.338 e. The van der Waals surface area contributed by atoms with Crippen molar-refractivity contribution in [2.45, 2.75) is 30.8 Å². The number of urea groups is 1. The molecule has 2 atom stereocenters. The van der Waals surface area contributed by atoms with Gasteiger partial charge in [0.25, 0.3) is 0 Å². The van der Waals surface area contributed by atoms with Crippen LogP contribution in [0.2, 0.25) is 10.0 Å². The number of ether oxygens (including phenoxy) is 1. The zero-order chi connectivity index (χ0) is 27.6. The van der Waals surface area contributed by atoms with Crippen molar-refractivity contribution in [2.75, 3.05) is 39.8 Å². The van der Waals surface area contributed by atoms with Crippen LogP contribution in [-0.4, -0.2) is 80.4 Å². The molecular formula is C26H30Cl2N4O5S. The van der Waals surface area contributed by atoms with E-state index in [0.29, 0.717) is 40.0 Å². The summed E-state index contributed by atoms with van der Waals surface area (Å²) >= 11 is 12.0. The number of sulfonamides is 1. The fourth-order valence-corrected chi connectivity index (χ4v) is 6.64. The van der Waals surface area contributed by atoms with Crippen molar-refractivity contribution in [3.8, 4) is 0 Å². The van der Waals surface area contributed by atoms with Crippen LogP contribution in [0.5, 0.6) is 0 Å². The molecule has 9 nitrogen and oxygen atoms in total. The molecule has 0 spiro atoms. The van der Waals surface area contributed by atoms with E-state index in [2.05, 4.69) is 5.32 Å². The van der Waals surface area contributed by atoms with E-state index in [0.717, 1.165) is 0 Å². The standard InChI is InChI=1S/C26H30Cl2N4O5S/c1-4-37-25(33)23-22(30(3)26(34)29-24(23)18-5-7-19(27)8-6-18)16-31-13-14-32(17(2)15-31)38(35,36)21-11-9-20(28)10-12-21/h5-12,17,24H,4,13-16H2,1-3H3,(H,29,34)/t17-,24-/m0/s1. The van der Waals surface area contributed by atoms with E-state index < -0.39 is 22.0 Å². The molecule has 2 aliphatic heterocycles. The number of nitrogens with zero attached hydrogens (tertiary/aromatic N) is 3. The molecule has 0 aliphatic carbocycles. The number of piperazine rings is 1. The lowest BCUT2D eigenvalue weighted by Gasteiger charge is -2.41. The number of benzene rings is 2. The minimum Gasteiger partial charge on any atom is -0.463 e. The molecule has 1 fully saturated rings. The molecule has 38 heavy (non-hydrogen) atoms. The third kappa shape index (κ3) is 5.84. The van der Waals surface area contributed by atoms with Crippen molar-refractivity contribution in [2.24, 2.45) is 0 Å². The van der Waals surface area contributed by atoms with E-state index in [1.807, 2.05) is 11.8 Å². The number of nitrogens with one attached hydrogen (secondary N) is 1. The van der Waals surface area contributed by atoms with E-state index in [1.165, 1.54) is 21.3 Å². The van der Waals surface area contributed by atoms with Crippen molar-refractivity contribution < 1.29 is 22.7 Å². The van der Waals surface area contributed by atoms with Gasteiger partial charge in [-0.25, -0.2) is 18.0 Å². The first kappa shape index (κ1) is 28.4. The summed E-state index contributed by atoms with van der Waals surface area (Å²) in [6.45, 7) is 5.09. The molecule has 1 N–H and O–H groups in total. The molecule has 2 heterocycles. The lowest BCUT2D eigenvalue weighted by molar-refractivity contribution is -0.139. The van der Waals surface area contributed by atoms with Crippen LogP contribution in [0.15, 0.2) is 64.7 Å². The first-order valence-corrected chi connectivity index (χ1v) is 14.4. The van der Waals surface area contributed by atoms with Gasteiger partial charge in [0, 0.05) is 55.0 Å². The predicted octanol–water partition coefficient (Wildman–Crippen LogP) is 3.90. The molecule has 2 aliphatic rings. The van der Waals surface area contributed by atoms with Crippen LogP contribution in [0, 0.1) is 0 Å². The maximum atomic E-state index is 13.3. The summed E-state index contributed by atoms with van der Waals surface area (Å²) < 4.78 is 33.4. The number of hydrogen-bond acceptors (Lipinski definition) is 6. The Morgan fingerprint density at radius 1 is 1.05 bits per heavy atom. The molecule has 2 aromatic carbocycles. The second-order valence-electron chi connectivity index (χ2n) is 9.23. The van der Waals surface area contributed by atoms with Gasteiger partial charge in [0.2, 0.25) is 10.0 Å². The summed E-state index contributed by atoms with van der Waals surface area (Å²) in [6.07, 6.45) is 0. The lowest BCUT2D eigenvalue weighted by atomic mass is 9.94. The fourth-order valence-electron chi connectivity index (χ4n) is 4.77. The molecule has 204 valence electrons. The largest absolute Gasteiger partial charge is 0.463 e. The summed E-state index contributed by atoms with van der Waals surface area (Å²) in [5.41, 5.74) is 1.54. The van der Waals surface area contributed by atoms with Crippen LogP contribution in [-0.2, 0) is 19.6 Å². The predicted molar refractivity (Wildman–Crippen MR) is 145 cm³/mol. The van der Waals surface area contributed by atoms with E-state index in [-0.39, 0.29) is 36.7 Å². The number of carbonyl (C=O) groups is 2. The van der Waals surface area contributed by atoms with Gasteiger partial charge in [-0.2, -0.15) is 4.31 Å². The van der Waals surface area contributed by atoms with E-state index in [4.69, 9.17) is 27.9 Å². The van der Waals surface area contributed by atoms with Crippen LogP contribution < -0.4 is 5.32 Å². The Kier molecular flexibility index (Phi) is 8.68. The van der Waals surface area contributed by atoms with Gasteiger partial charge in [0.05, 0.1) is 23.1 Å². The van der Waals surface area contributed by atoms with E-state index in [9.17, 15) is 18.0 Å². The van der Waals surface area contributed by atoms with Gasteiger partial charge in [-0.05, 0) is 55.8 Å². The molecule has 0 bridgehead atoms. The highest BCUT2D eigenvalue weighted by Crippen LogP contribution is 2.33. The summed E-state index contributed by atoms with van der Waals surface area (Å²) in [5, 5.41) is 3.89. The Bertz CT molecular complexity index is 1330. The normalized spacial score (nSPS) is 21.4. The number of rotatable bonds is 7. The van der Waals surface area contributed by atoms with Crippen LogP contribution >= 0.6 is 23.2 Å². The number of carbonyl (C=O) groups excluding carboxylic acids is 2. The topological polar surface area (TPSA) is 99.3 Å². The zero-order valence-corrected chi connectivity index (χ0v) is 23.7. The average Bonchev–Trinajstić information content (AvgIpc) is 2.87. The van der Waals surface area contributed by atoms with Gasteiger partial charge >= 0.3 is 12.0 Å². The quantitative estimate of drug-likeness (QED) is 0.498. The van der Waals surface area contributed by atoms with Crippen LogP contribution in [0.1, 0.15) is 25.5 Å². The molecular weight excluding hydrogens is 551 g/mol. The molecule has 1 saturated heterocycles. The minimum absolute atomic E-state index is 0.179. The third-order valence-electron chi connectivity index (χ3n) is 6.72. The van der Waals surface area contributed by atoms with Gasteiger partial charge in [-0.1, -0.05) is 35.3 Å². The highest BCUT2D eigenvalue weighted by atomic mass is 35.5. The molecule has 4 rings (SSSR count). The maximum Gasteiger partial charge on any atom is 0.338 e. The van der Waals surface area contributed by atoms with Crippen molar-refractivity contribution in [3.05, 3.63) is 75.4 Å². The SMILES string of the molecule is CCOC(=O)C1=C(CN2CCN(S(=O)(=O)c3ccc(Cl)cc3)[C@@H](C)C2)N(C)C(=O)N[C@H]1c1ccc(Cl)cc1. The maximum absolute atomic E-state index is 13.3. The monoisotopic (exact) mass is 580 g/mol. The molecule has 0 unspecified atom stereocenters. The summed E-state index contributed by atoms with van der Waals surface area (Å²) in [7, 11) is -2.10. The summed E-state index contributed by atoms with van der Waals surface area (Å²) in [5.74, 6) is -0.522. The number of amides is 2. The number of esters is 1. The Morgan fingerprint density at radius 3 is 2.24 bits per heavy atom. The summed E-state index contributed by atoms with van der Waals surface area (Å²) in [4.78, 5) is 29.8. The molecule has 0 saturated carbocycles. The highest BCUT2D eigenvalue weighted by Gasteiger charge is 2.39. The molecule has 0 aromatic heterocycles. The molecule has 2 aromatic rings. The van der Waals surface area contributed by atoms with Gasteiger partial charge in [-0.15, -0.1) is 0 Å². The first-order valence-electron chi connectivity index (χ1n) is 12.2. The summed E-state index contributed by atoms with van der Waals surface area (Å²) in [6, 6.07) is 11.6. The Balaban J connectivity index is 1.62. The fraction of sp³-hybridized carbons (Fsp3) is 0.385. The van der Waals surface area contributed by atoms with Gasteiger partial charge < -0.3 is 10.1 Å². The molecule has 0 radical (unpaired) electrons. The van der Waals surface area contributed by atoms with Crippen molar-refractivity contribution in [3.63, 3.8) is 0 Å². The van der Waals surface area contributed by atoms with Crippen LogP contribution in [0.25, 0.3) is 0 Å².